The zero-order chi connectivity index (χ0) is 24.5. The summed E-state index contributed by atoms with van der Waals surface area (Å²) in [5, 5.41) is 3.71. The van der Waals surface area contributed by atoms with Gasteiger partial charge in [0, 0.05) is 24.0 Å². The fourth-order valence-electron chi connectivity index (χ4n) is 4.87. The Morgan fingerprint density at radius 2 is 1.88 bits per heavy atom. The van der Waals surface area contributed by atoms with Crippen LogP contribution in [-0.4, -0.2) is 71.5 Å². The number of amides is 3. The minimum absolute atomic E-state index is 0.00156. The largest absolute Gasteiger partial charge is 0.458 e. The third-order valence-corrected chi connectivity index (χ3v) is 6.88. The first kappa shape index (κ1) is 24.3. The van der Waals surface area contributed by atoms with Crippen molar-refractivity contribution in [1.29, 1.82) is 0 Å². The second-order valence-corrected chi connectivity index (χ2v) is 10.3. The summed E-state index contributed by atoms with van der Waals surface area (Å²) >= 11 is 0. The number of H-pyrrole nitrogens is 1. The van der Waals surface area contributed by atoms with Crippen molar-refractivity contribution in [2.24, 2.45) is 0 Å². The van der Waals surface area contributed by atoms with Gasteiger partial charge in [-0.1, -0.05) is 12.5 Å². The van der Waals surface area contributed by atoms with Crippen LogP contribution in [0.15, 0.2) is 18.2 Å². The average molecular weight is 469 g/mol. The van der Waals surface area contributed by atoms with Crippen LogP contribution in [0.1, 0.15) is 67.6 Å². The van der Waals surface area contributed by atoms with E-state index in [4.69, 9.17) is 4.74 Å². The van der Waals surface area contributed by atoms with Crippen LogP contribution < -0.4 is 5.32 Å². The summed E-state index contributed by atoms with van der Waals surface area (Å²) in [4.78, 5) is 44.5. The van der Waals surface area contributed by atoms with Gasteiger partial charge in [0.2, 0.25) is 0 Å². The standard InChI is InChI=1S/C26H36N4O4/c1-26(2)24(32)30(25(33)28-26)15-12-17-10-11-21-20(16-17)19(13-14-29(3)4)22(27-21)23(31)34-18-8-6-5-7-9-18/h10-11,16,18,27H,5-9,12-15H2,1-4H3,(H,28,33). The molecule has 2 aliphatic rings. The normalized spacial score (nSPS) is 18.7. The molecular weight excluding hydrogens is 432 g/mol. The van der Waals surface area contributed by atoms with Crippen molar-refractivity contribution in [3.63, 3.8) is 0 Å². The second kappa shape index (κ2) is 9.78. The van der Waals surface area contributed by atoms with E-state index in [-0.39, 0.29) is 24.0 Å². The van der Waals surface area contributed by atoms with Gasteiger partial charge in [-0.2, -0.15) is 0 Å². The maximum Gasteiger partial charge on any atom is 0.355 e. The van der Waals surface area contributed by atoms with Crippen LogP contribution in [0.2, 0.25) is 0 Å². The Bertz CT molecular complexity index is 1080. The quantitative estimate of drug-likeness (QED) is 0.456. The summed E-state index contributed by atoms with van der Waals surface area (Å²) in [6.07, 6.45) is 6.55. The Morgan fingerprint density at radius 1 is 1.15 bits per heavy atom. The summed E-state index contributed by atoms with van der Waals surface area (Å²) in [5.74, 6) is -0.486. The molecule has 1 aromatic heterocycles. The molecule has 8 nitrogen and oxygen atoms in total. The number of benzene rings is 1. The molecule has 1 saturated carbocycles. The number of urea groups is 1. The second-order valence-electron chi connectivity index (χ2n) is 10.3. The van der Waals surface area contributed by atoms with Crippen molar-refractivity contribution in [3.8, 4) is 0 Å². The molecule has 1 aliphatic carbocycles. The number of nitrogens with zero attached hydrogens (tertiary/aromatic N) is 2. The number of hydrogen-bond donors (Lipinski definition) is 2. The Kier molecular flexibility index (Phi) is 6.98. The number of likely N-dealkylation sites (N-methyl/N-ethyl adjacent to an activating group) is 1. The lowest BCUT2D eigenvalue weighted by Gasteiger charge is -2.21. The predicted molar refractivity (Wildman–Crippen MR) is 131 cm³/mol. The van der Waals surface area contributed by atoms with Gasteiger partial charge < -0.3 is 19.9 Å². The molecule has 1 saturated heterocycles. The van der Waals surface area contributed by atoms with Gasteiger partial charge in [-0.05, 0) is 89.7 Å². The van der Waals surface area contributed by atoms with E-state index in [1.54, 1.807) is 13.8 Å². The first-order chi connectivity index (χ1) is 16.2. The molecule has 3 amide bonds. The third kappa shape index (κ3) is 5.12. The lowest BCUT2D eigenvalue weighted by atomic mass is 9.98. The van der Waals surface area contributed by atoms with E-state index in [2.05, 4.69) is 21.3 Å². The van der Waals surface area contributed by atoms with E-state index in [1.165, 1.54) is 11.3 Å². The summed E-state index contributed by atoms with van der Waals surface area (Å²) in [5.41, 5.74) is 2.53. The SMILES string of the molecule is CN(C)CCc1c(C(=O)OC2CCCCC2)[nH]c2ccc(CCN3C(=O)NC(C)(C)C3=O)cc12. The Morgan fingerprint density at radius 3 is 2.53 bits per heavy atom. The molecule has 34 heavy (non-hydrogen) atoms. The fourth-order valence-corrected chi connectivity index (χ4v) is 4.87. The van der Waals surface area contributed by atoms with Crippen LogP contribution in [-0.2, 0) is 22.4 Å². The van der Waals surface area contributed by atoms with Crippen LogP contribution in [0, 0.1) is 0 Å². The van der Waals surface area contributed by atoms with Crippen molar-refractivity contribution in [3.05, 3.63) is 35.0 Å². The summed E-state index contributed by atoms with van der Waals surface area (Å²) in [7, 11) is 4.03. The highest BCUT2D eigenvalue weighted by molar-refractivity contribution is 6.06. The third-order valence-electron chi connectivity index (χ3n) is 6.88. The lowest BCUT2D eigenvalue weighted by molar-refractivity contribution is -0.130. The zero-order valence-corrected chi connectivity index (χ0v) is 20.7. The highest BCUT2D eigenvalue weighted by Crippen LogP contribution is 2.28. The molecule has 0 unspecified atom stereocenters. The summed E-state index contributed by atoms with van der Waals surface area (Å²) < 4.78 is 5.87. The molecule has 0 bridgehead atoms. The van der Waals surface area contributed by atoms with Crippen LogP contribution in [0.3, 0.4) is 0 Å². The maximum atomic E-state index is 13.1. The van der Waals surface area contributed by atoms with Crippen molar-refractivity contribution >= 4 is 28.8 Å². The number of nitrogens with one attached hydrogen (secondary N) is 2. The predicted octanol–water partition coefficient (Wildman–Crippen LogP) is 3.63. The molecule has 1 aliphatic heterocycles. The molecule has 0 radical (unpaired) electrons. The first-order valence-electron chi connectivity index (χ1n) is 12.3. The van der Waals surface area contributed by atoms with Crippen molar-refractivity contribution < 1.29 is 19.1 Å². The minimum atomic E-state index is -0.866. The molecule has 1 aromatic carbocycles. The number of esters is 1. The number of aromatic nitrogens is 1. The van der Waals surface area contributed by atoms with E-state index in [0.717, 1.165) is 54.3 Å². The molecule has 2 N–H and O–H groups in total. The number of rotatable bonds is 8. The lowest BCUT2D eigenvalue weighted by Crippen LogP contribution is -2.40. The van der Waals surface area contributed by atoms with Gasteiger partial charge in [0.05, 0.1) is 0 Å². The van der Waals surface area contributed by atoms with E-state index in [0.29, 0.717) is 25.1 Å². The molecule has 184 valence electrons. The smallest absolute Gasteiger partial charge is 0.355 e. The van der Waals surface area contributed by atoms with E-state index in [1.807, 2.05) is 26.2 Å². The number of ether oxygens (including phenoxy) is 1. The van der Waals surface area contributed by atoms with Crippen molar-refractivity contribution in [2.75, 3.05) is 27.2 Å². The summed E-state index contributed by atoms with van der Waals surface area (Å²) in [6.45, 7) is 4.54. The number of carbonyl (C=O) groups excluding carboxylic acids is 3. The number of imide groups is 1. The molecule has 4 rings (SSSR count). The van der Waals surface area contributed by atoms with Crippen LogP contribution in [0.25, 0.3) is 10.9 Å². The molecule has 2 heterocycles. The number of carbonyl (C=O) groups is 3. The van der Waals surface area contributed by atoms with Crippen LogP contribution >= 0.6 is 0 Å². The first-order valence-corrected chi connectivity index (χ1v) is 12.3. The minimum Gasteiger partial charge on any atom is -0.458 e. The monoisotopic (exact) mass is 468 g/mol. The number of fused-ring (bicyclic) bond motifs is 1. The van der Waals surface area contributed by atoms with Crippen LogP contribution in [0.5, 0.6) is 0 Å². The molecule has 0 spiro atoms. The Labute approximate surface area is 201 Å². The van der Waals surface area contributed by atoms with E-state index >= 15 is 0 Å². The maximum absolute atomic E-state index is 13.1. The van der Waals surface area contributed by atoms with Gasteiger partial charge in [-0.25, -0.2) is 9.59 Å². The van der Waals surface area contributed by atoms with Gasteiger partial charge in [-0.3, -0.25) is 9.69 Å². The number of aromatic amines is 1. The van der Waals surface area contributed by atoms with Gasteiger partial charge in [0.1, 0.15) is 17.3 Å². The molecule has 2 aromatic rings. The van der Waals surface area contributed by atoms with Gasteiger partial charge in [0.25, 0.3) is 5.91 Å². The number of hydrogen-bond acceptors (Lipinski definition) is 5. The zero-order valence-electron chi connectivity index (χ0n) is 20.7. The van der Waals surface area contributed by atoms with Gasteiger partial charge >= 0.3 is 12.0 Å². The molecule has 0 atom stereocenters. The fraction of sp³-hybridized carbons (Fsp3) is 0.577. The molecular formula is C26H36N4O4. The molecule has 8 heteroatoms. The highest BCUT2D eigenvalue weighted by atomic mass is 16.5. The highest BCUT2D eigenvalue weighted by Gasteiger charge is 2.43. The average Bonchev–Trinajstić information content (AvgIpc) is 3.24. The van der Waals surface area contributed by atoms with Gasteiger partial charge in [0.15, 0.2) is 0 Å². The van der Waals surface area contributed by atoms with Crippen molar-refractivity contribution in [2.45, 2.75) is 70.4 Å². The van der Waals surface area contributed by atoms with E-state index < -0.39 is 5.54 Å². The Hall–Kier alpha value is -2.87. The summed E-state index contributed by atoms with van der Waals surface area (Å²) in [6, 6.07) is 5.67. The van der Waals surface area contributed by atoms with Gasteiger partial charge in [-0.15, -0.1) is 0 Å². The van der Waals surface area contributed by atoms with Crippen molar-refractivity contribution in [1.82, 2.24) is 20.1 Å². The van der Waals surface area contributed by atoms with Crippen LogP contribution in [0.4, 0.5) is 4.79 Å². The van der Waals surface area contributed by atoms with E-state index in [9.17, 15) is 14.4 Å². The topological polar surface area (TPSA) is 94.7 Å². The molecule has 2 fully saturated rings. The Balaban J connectivity index is 1.56.